The largest absolute Gasteiger partial charge is 0.385 e. The fourth-order valence-corrected chi connectivity index (χ4v) is 2.27. The number of hydrogen-bond donors (Lipinski definition) is 1. The zero-order valence-electron chi connectivity index (χ0n) is 7.43. The number of ether oxygens (including phenoxy) is 1. The van der Waals surface area contributed by atoms with E-state index in [0.717, 1.165) is 6.42 Å². The number of β-lactam (4-membered cyclic amide) rings is 1. The van der Waals surface area contributed by atoms with Gasteiger partial charge in [-0.15, -0.1) is 0 Å². The van der Waals surface area contributed by atoms with Crippen molar-refractivity contribution >= 4 is 5.91 Å². The van der Waals surface area contributed by atoms with Gasteiger partial charge in [0.05, 0.1) is 11.5 Å². The lowest BCUT2D eigenvalue weighted by molar-refractivity contribution is -0.148. The van der Waals surface area contributed by atoms with Crippen molar-refractivity contribution in [1.82, 2.24) is 5.32 Å². The summed E-state index contributed by atoms with van der Waals surface area (Å²) in [6, 6.07) is 0. The molecule has 2 rings (SSSR count). The van der Waals surface area contributed by atoms with E-state index >= 15 is 0 Å². The highest BCUT2D eigenvalue weighted by Crippen LogP contribution is 2.45. The fraction of sp³-hybridized carbons (Fsp3) is 0.889. The highest BCUT2D eigenvalue weighted by molar-refractivity contribution is 5.88. The lowest BCUT2D eigenvalue weighted by Gasteiger charge is -2.55. The summed E-state index contributed by atoms with van der Waals surface area (Å²) in [6.07, 6.45) is 4.51. The molecule has 0 radical (unpaired) electrons. The minimum absolute atomic E-state index is 0.204. The predicted octanol–water partition coefficient (Wildman–Crippen LogP) is 0.692. The van der Waals surface area contributed by atoms with Crippen LogP contribution in [-0.4, -0.2) is 25.2 Å². The van der Waals surface area contributed by atoms with E-state index in [9.17, 15) is 4.79 Å². The van der Waals surface area contributed by atoms with Crippen molar-refractivity contribution in [3.63, 3.8) is 0 Å². The molecule has 1 saturated heterocycles. The Morgan fingerprint density at radius 3 is 2.83 bits per heavy atom. The molecule has 1 amide bonds. The highest BCUT2D eigenvalue weighted by Gasteiger charge is 2.55. The lowest BCUT2D eigenvalue weighted by atomic mass is 9.61. The van der Waals surface area contributed by atoms with E-state index in [1.165, 1.54) is 19.3 Å². The first kappa shape index (κ1) is 8.05. The summed E-state index contributed by atoms with van der Waals surface area (Å²) in [7, 11) is 1.68. The number of hydrogen-bond acceptors (Lipinski definition) is 2. The van der Waals surface area contributed by atoms with Crippen molar-refractivity contribution in [1.29, 1.82) is 0 Å². The average Bonchev–Trinajstić information content (AvgIpc) is 1.97. The predicted molar refractivity (Wildman–Crippen MR) is 44.7 cm³/mol. The van der Waals surface area contributed by atoms with Gasteiger partial charge >= 0.3 is 0 Å². The van der Waals surface area contributed by atoms with Crippen LogP contribution in [0.3, 0.4) is 0 Å². The first-order valence-corrected chi connectivity index (χ1v) is 4.59. The van der Waals surface area contributed by atoms with E-state index in [2.05, 4.69) is 5.32 Å². The van der Waals surface area contributed by atoms with Crippen LogP contribution in [0.2, 0.25) is 0 Å². The van der Waals surface area contributed by atoms with Gasteiger partial charge in [0.15, 0.2) is 0 Å². The molecule has 2 fully saturated rings. The zero-order valence-corrected chi connectivity index (χ0v) is 7.43. The minimum Gasteiger partial charge on any atom is -0.385 e. The smallest absolute Gasteiger partial charge is 0.226 e. The minimum atomic E-state index is 0.204. The van der Waals surface area contributed by atoms with Gasteiger partial charge in [0.2, 0.25) is 5.91 Å². The van der Waals surface area contributed by atoms with Gasteiger partial charge in [-0.1, -0.05) is 0 Å². The van der Waals surface area contributed by atoms with Gasteiger partial charge in [-0.25, -0.2) is 0 Å². The van der Waals surface area contributed by atoms with Gasteiger partial charge in [-0.05, 0) is 25.7 Å². The third-order valence-corrected chi connectivity index (χ3v) is 3.21. The SMILES string of the molecule is COCCC1C(=O)NC12CCC2. The van der Waals surface area contributed by atoms with E-state index in [1.54, 1.807) is 7.11 Å². The zero-order chi connectivity index (χ0) is 8.60. The third-order valence-electron chi connectivity index (χ3n) is 3.21. The molecule has 68 valence electrons. The van der Waals surface area contributed by atoms with Crippen LogP contribution in [0.4, 0.5) is 0 Å². The number of amides is 1. The quantitative estimate of drug-likeness (QED) is 0.631. The molecule has 0 bridgehead atoms. The molecule has 1 aliphatic carbocycles. The number of nitrogens with one attached hydrogen (secondary N) is 1. The molecule has 0 aromatic heterocycles. The Morgan fingerprint density at radius 1 is 1.67 bits per heavy atom. The van der Waals surface area contributed by atoms with E-state index in [-0.39, 0.29) is 17.4 Å². The molecular formula is C9H15NO2. The topological polar surface area (TPSA) is 38.3 Å². The Morgan fingerprint density at radius 2 is 2.42 bits per heavy atom. The van der Waals surface area contributed by atoms with Crippen LogP contribution in [0, 0.1) is 5.92 Å². The van der Waals surface area contributed by atoms with Crippen LogP contribution in [0.5, 0.6) is 0 Å². The van der Waals surface area contributed by atoms with Gasteiger partial charge in [-0.3, -0.25) is 4.79 Å². The first-order valence-electron chi connectivity index (χ1n) is 4.59. The summed E-state index contributed by atoms with van der Waals surface area (Å²) in [4.78, 5) is 11.2. The van der Waals surface area contributed by atoms with E-state index in [4.69, 9.17) is 4.74 Å². The van der Waals surface area contributed by atoms with Crippen LogP contribution < -0.4 is 5.32 Å². The maximum absolute atomic E-state index is 11.2. The van der Waals surface area contributed by atoms with Crippen molar-refractivity contribution in [2.75, 3.05) is 13.7 Å². The van der Waals surface area contributed by atoms with E-state index in [0.29, 0.717) is 6.61 Å². The van der Waals surface area contributed by atoms with Gasteiger partial charge in [0, 0.05) is 13.7 Å². The fourth-order valence-electron chi connectivity index (χ4n) is 2.27. The maximum atomic E-state index is 11.2. The molecular weight excluding hydrogens is 154 g/mol. The monoisotopic (exact) mass is 169 g/mol. The van der Waals surface area contributed by atoms with Crippen LogP contribution in [-0.2, 0) is 9.53 Å². The molecule has 1 atom stereocenters. The van der Waals surface area contributed by atoms with Crippen LogP contribution >= 0.6 is 0 Å². The molecule has 0 aromatic rings. The molecule has 1 saturated carbocycles. The number of rotatable bonds is 3. The van der Waals surface area contributed by atoms with Crippen molar-refractivity contribution in [3.8, 4) is 0 Å². The Balaban J connectivity index is 1.89. The summed E-state index contributed by atoms with van der Waals surface area (Å²) in [6.45, 7) is 0.708. The Labute approximate surface area is 72.5 Å². The van der Waals surface area contributed by atoms with Crippen molar-refractivity contribution in [2.24, 2.45) is 5.92 Å². The molecule has 2 aliphatic rings. The van der Waals surface area contributed by atoms with Crippen LogP contribution in [0.25, 0.3) is 0 Å². The van der Waals surface area contributed by atoms with Crippen molar-refractivity contribution < 1.29 is 9.53 Å². The second-order valence-electron chi connectivity index (χ2n) is 3.83. The molecule has 1 unspecified atom stereocenters. The number of methoxy groups -OCH3 is 1. The Kier molecular flexibility index (Phi) is 1.83. The Bertz CT molecular complexity index is 199. The molecule has 1 spiro atoms. The van der Waals surface area contributed by atoms with E-state index in [1.807, 2.05) is 0 Å². The first-order chi connectivity index (χ1) is 5.78. The van der Waals surface area contributed by atoms with Crippen molar-refractivity contribution in [3.05, 3.63) is 0 Å². The standard InChI is InChI=1S/C9H15NO2/c1-12-6-3-7-8(11)10-9(7)4-2-5-9/h7H,2-6H2,1H3,(H,10,11). The molecule has 1 heterocycles. The molecule has 3 nitrogen and oxygen atoms in total. The van der Waals surface area contributed by atoms with Crippen molar-refractivity contribution in [2.45, 2.75) is 31.2 Å². The molecule has 0 aromatic carbocycles. The lowest BCUT2D eigenvalue weighted by Crippen LogP contribution is -2.72. The van der Waals surface area contributed by atoms with Gasteiger partial charge in [0.25, 0.3) is 0 Å². The number of carbonyl (C=O) groups is 1. The Hall–Kier alpha value is -0.570. The average molecular weight is 169 g/mol. The molecule has 1 aliphatic heterocycles. The van der Waals surface area contributed by atoms with Gasteiger partial charge < -0.3 is 10.1 Å². The van der Waals surface area contributed by atoms with E-state index < -0.39 is 0 Å². The third kappa shape index (κ3) is 0.959. The highest BCUT2D eigenvalue weighted by atomic mass is 16.5. The molecule has 12 heavy (non-hydrogen) atoms. The van der Waals surface area contributed by atoms with Gasteiger partial charge in [-0.2, -0.15) is 0 Å². The summed E-state index contributed by atoms with van der Waals surface area (Å²) < 4.78 is 4.98. The summed E-state index contributed by atoms with van der Waals surface area (Å²) >= 11 is 0. The molecule has 3 heteroatoms. The number of carbonyl (C=O) groups excluding carboxylic acids is 1. The maximum Gasteiger partial charge on any atom is 0.226 e. The summed E-state index contributed by atoms with van der Waals surface area (Å²) in [5, 5.41) is 3.02. The molecule has 1 N–H and O–H groups in total. The van der Waals surface area contributed by atoms with Crippen LogP contribution in [0.1, 0.15) is 25.7 Å². The normalized spacial score (nSPS) is 30.8. The second kappa shape index (κ2) is 2.73. The van der Waals surface area contributed by atoms with Gasteiger partial charge in [0.1, 0.15) is 0 Å². The second-order valence-corrected chi connectivity index (χ2v) is 3.83. The summed E-state index contributed by atoms with van der Waals surface area (Å²) in [5.74, 6) is 0.470. The van der Waals surface area contributed by atoms with Crippen LogP contribution in [0.15, 0.2) is 0 Å². The summed E-state index contributed by atoms with van der Waals surface area (Å²) in [5.41, 5.74) is 0.204.